The molecular formula is C12H19N3O4S. The van der Waals surface area contributed by atoms with E-state index in [0.717, 1.165) is 4.31 Å². The molecule has 0 aromatic heterocycles. The van der Waals surface area contributed by atoms with Crippen molar-refractivity contribution in [3.63, 3.8) is 0 Å². The highest BCUT2D eigenvalue weighted by Crippen LogP contribution is 2.30. The lowest BCUT2D eigenvalue weighted by molar-refractivity contribution is -0.387. The number of rotatable bonds is 6. The Morgan fingerprint density at radius 2 is 2.05 bits per heavy atom. The van der Waals surface area contributed by atoms with Crippen LogP contribution in [-0.4, -0.2) is 37.8 Å². The molecule has 0 radical (unpaired) electrons. The molecule has 0 saturated heterocycles. The number of nitro groups is 1. The lowest BCUT2D eigenvalue weighted by Crippen LogP contribution is -2.35. The molecule has 1 rings (SSSR count). The van der Waals surface area contributed by atoms with Crippen molar-refractivity contribution >= 4 is 21.4 Å². The van der Waals surface area contributed by atoms with Crippen LogP contribution in [-0.2, 0) is 10.0 Å². The van der Waals surface area contributed by atoms with Crippen LogP contribution in [0.3, 0.4) is 0 Å². The molecule has 0 saturated carbocycles. The molecule has 7 nitrogen and oxygen atoms in total. The Balaban J connectivity index is 3.46. The molecule has 1 aromatic rings. The molecule has 0 aliphatic heterocycles. The second-order valence-corrected chi connectivity index (χ2v) is 6.43. The summed E-state index contributed by atoms with van der Waals surface area (Å²) in [7, 11) is -0.856. The van der Waals surface area contributed by atoms with Crippen molar-refractivity contribution in [1.29, 1.82) is 0 Å². The van der Waals surface area contributed by atoms with Crippen molar-refractivity contribution in [3.8, 4) is 0 Å². The topological polar surface area (TPSA) is 92.6 Å². The van der Waals surface area contributed by atoms with Crippen molar-refractivity contribution < 1.29 is 13.3 Å². The Kier molecular flexibility index (Phi) is 5.07. The number of nitrogens with one attached hydrogen (secondary N) is 1. The fraction of sp³-hybridized carbons (Fsp3) is 0.500. The van der Waals surface area contributed by atoms with Crippen LogP contribution in [0, 0.1) is 10.1 Å². The van der Waals surface area contributed by atoms with Crippen LogP contribution in [0.4, 0.5) is 11.4 Å². The maximum atomic E-state index is 12.5. The summed E-state index contributed by atoms with van der Waals surface area (Å²) < 4.78 is 26.2. The van der Waals surface area contributed by atoms with E-state index in [4.69, 9.17) is 0 Å². The quantitative estimate of drug-likeness (QED) is 0.641. The van der Waals surface area contributed by atoms with E-state index in [1.54, 1.807) is 14.0 Å². The SMILES string of the molecule is CCC(C)N(C)S(=O)(=O)c1cc(NC)ccc1[N+](=O)[O-]. The highest BCUT2D eigenvalue weighted by Gasteiger charge is 2.31. The Morgan fingerprint density at radius 3 is 2.50 bits per heavy atom. The van der Waals surface area contributed by atoms with Gasteiger partial charge in [0.1, 0.15) is 0 Å². The largest absolute Gasteiger partial charge is 0.388 e. The summed E-state index contributed by atoms with van der Waals surface area (Å²) in [5.41, 5.74) is 0.0888. The molecule has 112 valence electrons. The molecule has 1 aromatic carbocycles. The summed E-state index contributed by atoms with van der Waals surface area (Å²) in [6.07, 6.45) is 0.620. The van der Waals surface area contributed by atoms with E-state index in [-0.39, 0.29) is 10.9 Å². The summed E-state index contributed by atoms with van der Waals surface area (Å²) >= 11 is 0. The fourth-order valence-corrected chi connectivity index (χ4v) is 3.29. The molecule has 0 fully saturated rings. The molecule has 0 aliphatic carbocycles. The number of sulfonamides is 1. The van der Waals surface area contributed by atoms with Crippen LogP contribution in [0.2, 0.25) is 0 Å². The van der Waals surface area contributed by atoms with Crippen molar-refractivity contribution in [1.82, 2.24) is 4.31 Å². The molecular weight excluding hydrogens is 282 g/mol. The van der Waals surface area contributed by atoms with Crippen LogP contribution >= 0.6 is 0 Å². The van der Waals surface area contributed by atoms with Crippen molar-refractivity contribution in [3.05, 3.63) is 28.3 Å². The van der Waals surface area contributed by atoms with Gasteiger partial charge in [-0.15, -0.1) is 0 Å². The molecule has 20 heavy (non-hydrogen) atoms. The predicted octanol–water partition coefficient (Wildman–Crippen LogP) is 2.06. The molecule has 0 heterocycles. The van der Waals surface area contributed by atoms with Gasteiger partial charge >= 0.3 is 0 Å². The summed E-state index contributed by atoms with van der Waals surface area (Å²) in [6, 6.07) is 3.72. The minimum absolute atomic E-state index is 0.238. The van der Waals surface area contributed by atoms with Crippen molar-refractivity contribution in [2.75, 3.05) is 19.4 Å². The zero-order chi connectivity index (χ0) is 15.5. The zero-order valence-electron chi connectivity index (χ0n) is 12.0. The van der Waals surface area contributed by atoms with Gasteiger partial charge in [-0.25, -0.2) is 8.42 Å². The summed E-state index contributed by atoms with van der Waals surface area (Å²) in [5.74, 6) is 0. The van der Waals surface area contributed by atoms with Crippen LogP contribution in [0.15, 0.2) is 23.1 Å². The summed E-state index contributed by atoms with van der Waals surface area (Å²) in [6.45, 7) is 3.61. The molecule has 0 aliphatic rings. The van der Waals surface area contributed by atoms with E-state index < -0.39 is 20.6 Å². The minimum atomic E-state index is -3.91. The van der Waals surface area contributed by atoms with Gasteiger partial charge in [0.15, 0.2) is 4.90 Å². The van der Waals surface area contributed by atoms with Crippen molar-refractivity contribution in [2.24, 2.45) is 0 Å². The minimum Gasteiger partial charge on any atom is -0.388 e. The first-order valence-corrected chi connectivity index (χ1v) is 7.64. The van der Waals surface area contributed by atoms with Crippen LogP contribution < -0.4 is 5.32 Å². The van der Waals surface area contributed by atoms with Crippen molar-refractivity contribution in [2.45, 2.75) is 31.2 Å². The lowest BCUT2D eigenvalue weighted by Gasteiger charge is -2.23. The number of hydrogen-bond donors (Lipinski definition) is 1. The molecule has 0 amide bonds. The first kappa shape index (κ1) is 16.4. The third kappa shape index (κ3) is 3.07. The van der Waals surface area contributed by atoms with Gasteiger partial charge in [-0.1, -0.05) is 6.92 Å². The lowest BCUT2D eigenvalue weighted by atomic mass is 10.3. The van der Waals surface area contributed by atoms with Gasteiger partial charge in [-0.05, 0) is 25.5 Å². The van der Waals surface area contributed by atoms with Gasteiger partial charge in [0.05, 0.1) is 4.92 Å². The first-order valence-electron chi connectivity index (χ1n) is 6.19. The number of hydrogen-bond acceptors (Lipinski definition) is 5. The van der Waals surface area contributed by atoms with Gasteiger partial charge in [-0.3, -0.25) is 10.1 Å². The van der Waals surface area contributed by atoms with E-state index in [1.807, 2.05) is 6.92 Å². The summed E-state index contributed by atoms with van der Waals surface area (Å²) in [4.78, 5) is 10.1. The van der Waals surface area contributed by atoms with Gasteiger partial charge in [0, 0.05) is 31.9 Å². The van der Waals surface area contributed by atoms with E-state index in [9.17, 15) is 18.5 Å². The Labute approximate surface area is 118 Å². The van der Waals surface area contributed by atoms with E-state index in [1.165, 1.54) is 25.2 Å². The molecule has 8 heteroatoms. The standard InChI is InChI=1S/C12H19N3O4S/c1-5-9(2)14(4)20(18,19)12-8-10(13-3)6-7-11(12)15(16)17/h6-9,13H,5H2,1-4H3. The maximum Gasteiger partial charge on any atom is 0.289 e. The second-order valence-electron chi connectivity index (χ2n) is 4.47. The highest BCUT2D eigenvalue weighted by atomic mass is 32.2. The number of nitro benzene ring substituents is 1. The van der Waals surface area contributed by atoms with Gasteiger partial charge in [0.2, 0.25) is 10.0 Å². The van der Waals surface area contributed by atoms with Gasteiger partial charge < -0.3 is 5.32 Å². The third-order valence-corrected chi connectivity index (χ3v) is 5.31. The number of anilines is 1. The van der Waals surface area contributed by atoms with Crippen LogP contribution in [0.5, 0.6) is 0 Å². The van der Waals surface area contributed by atoms with Crippen LogP contribution in [0.25, 0.3) is 0 Å². The van der Waals surface area contributed by atoms with Gasteiger partial charge in [0.25, 0.3) is 5.69 Å². The average molecular weight is 301 g/mol. The molecule has 0 bridgehead atoms. The summed E-state index contributed by atoms with van der Waals surface area (Å²) in [5, 5.41) is 13.8. The molecule has 1 atom stereocenters. The Hall–Kier alpha value is -1.67. The molecule has 0 spiro atoms. The van der Waals surface area contributed by atoms with Gasteiger partial charge in [-0.2, -0.15) is 4.31 Å². The van der Waals surface area contributed by atoms with Crippen LogP contribution in [0.1, 0.15) is 20.3 Å². The Morgan fingerprint density at radius 1 is 1.45 bits per heavy atom. The predicted molar refractivity (Wildman–Crippen MR) is 77.3 cm³/mol. The number of benzene rings is 1. The monoisotopic (exact) mass is 301 g/mol. The third-order valence-electron chi connectivity index (χ3n) is 3.31. The normalized spacial score (nSPS) is 13.2. The van der Waals surface area contributed by atoms with E-state index in [0.29, 0.717) is 12.1 Å². The zero-order valence-corrected chi connectivity index (χ0v) is 12.8. The highest BCUT2D eigenvalue weighted by molar-refractivity contribution is 7.89. The first-order chi connectivity index (χ1) is 9.25. The smallest absolute Gasteiger partial charge is 0.289 e. The Bertz CT molecular complexity index is 601. The van der Waals surface area contributed by atoms with E-state index >= 15 is 0 Å². The molecule has 1 N–H and O–H groups in total. The average Bonchev–Trinajstić information content (AvgIpc) is 2.44. The number of nitrogens with zero attached hydrogens (tertiary/aromatic N) is 2. The van der Waals surface area contributed by atoms with E-state index in [2.05, 4.69) is 5.32 Å². The fourth-order valence-electron chi connectivity index (χ4n) is 1.68. The maximum absolute atomic E-state index is 12.5. The second kappa shape index (κ2) is 6.19. The molecule has 1 unspecified atom stereocenters.